The first-order chi connectivity index (χ1) is 12.6. The molecule has 0 saturated heterocycles. The van der Waals surface area contributed by atoms with Gasteiger partial charge in [0.1, 0.15) is 23.0 Å². The SMILES string of the molecule is Cc1cc(Nc2nccc(Nc3c(NC(C)(C)C)c(=O)c3=O)n2)ccc1F. The Balaban J connectivity index is 1.81. The number of aromatic nitrogens is 2. The Morgan fingerprint density at radius 3 is 2.37 bits per heavy atom. The zero-order chi connectivity index (χ0) is 19.8. The normalized spacial score (nSPS) is 11.4. The van der Waals surface area contributed by atoms with E-state index in [0.717, 1.165) is 0 Å². The molecule has 3 N–H and O–H groups in total. The molecule has 2 aromatic carbocycles. The van der Waals surface area contributed by atoms with Crippen LogP contribution in [0, 0.1) is 12.7 Å². The van der Waals surface area contributed by atoms with Crippen molar-refractivity contribution in [3.8, 4) is 0 Å². The summed E-state index contributed by atoms with van der Waals surface area (Å²) in [5.41, 5.74) is 0.0427. The number of anilines is 5. The fourth-order valence-electron chi connectivity index (χ4n) is 2.47. The molecule has 0 aliphatic rings. The summed E-state index contributed by atoms with van der Waals surface area (Å²) < 4.78 is 13.4. The van der Waals surface area contributed by atoms with E-state index in [1.165, 1.54) is 12.3 Å². The molecule has 0 saturated carbocycles. The van der Waals surface area contributed by atoms with Crippen LogP contribution in [0.1, 0.15) is 26.3 Å². The first-order valence-electron chi connectivity index (χ1n) is 8.39. The standard InChI is InChI=1S/C19H20FN5O2/c1-10-9-11(5-6-12(10)20)22-18-21-8-7-13(24-18)23-14-15(17(27)16(14)26)25-19(2,3)4/h5-9,25H,1-4H3,(H2,21,22,23,24). The highest BCUT2D eigenvalue weighted by Gasteiger charge is 2.25. The minimum absolute atomic E-state index is 0.178. The smallest absolute Gasteiger partial charge is 0.253 e. The van der Waals surface area contributed by atoms with E-state index in [1.54, 1.807) is 25.1 Å². The summed E-state index contributed by atoms with van der Waals surface area (Å²) in [5, 5.41) is 8.88. The topological polar surface area (TPSA) is 96.0 Å². The van der Waals surface area contributed by atoms with Crippen molar-refractivity contribution in [1.82, 2.24) is 9.97 Å². The number of aryl methyl sites for hydroxylation is 1. The van der Waals surface area contributed by atoms with E-state index in [9.17, 15) is 14.0 Å². The number of nitrogens with zero attached hydrogens (tertiary/aromatic N) is 2. The van der Waals surface area contributed by atoms with Crippen molar-refractivity contribution in [1.29, 1.82) is 0 Å². The summed E-state index contributed by atoms with van der Waals surface area (Å²) in [5.74, 6) is 0.335. The van der Waals surface area contributed by atoms with Crippen LogP contribution in [0.2, 0.25) is 0 Å². The Hall–Kier alpha value is -3.29. The van der Waals surface area contributed by atoms with Gasteiger partial charge in [0, 0.05) is 17.4 Å². The molecule has 140 valence electrons. The molecule has 0 aliphatic heterocycles. The van der Waals surface area contributed by atoms with Gasteiger partial charge in [-0.25, -0.2) is 9.37 Å². The molecule has 3 aromatic rings. The van der Waals surface area contributed by atoms with Crippen LogP contribution in [0.25, 0.3) is 0 Å². The van der Waals surface area contributed by atoms with Crippen LogP contribution in [0.3, 0.4) is 0 Å². The third kappa shape index (κ3) is 4.11. The summed E-state index contributed by atoms with van der Waals surface area (Å²) in [7, 11) is 0. The molecule has 0 atom stereocenters. The molecule has 8 heteroatoms. The molecule has 1 aromatic heterocycles. The zero-order valence-corrected chi connectivity index (χ0v) is 15.5. The van der Waals surface area contributed by atoms with Crippen LogP contribution in [0.4, 0.5) is 33.2 Å². The van der Waals surface area contributed by atoms with Crippen LogP contribution < -0.4 is 26.8 Å². The lowest BCUT2D eigenvalue weighted by Gasteiger charge is -2.24. The van der Waals surface area contributed by atoms with E-state index in [-0.39, 0.29) is 28.7 Å². The second-order valence-electron chi connectivity index (χ2n) is 7.26. The van der Waals surface area contributed by atoms with E-state index in [4.69, 9.17) is 0 Å². The number of halogens is 1. The van der Waals surface area contributed by atoms with Crippen molar-refractivity contribution in [2.75, 3.05) is 16.0 Å². The average molecular weight is 369 g/mol. The number of hydrogen-bond acceptors (Lipinski definition) is 7. The first kappa shape index (κ1) is 18.5. The molecule has 0 radical (unpaired) electrons. The highest BCUT2D eigenvalue weighted by molar-refractivity contribution is 5.78. The molecule has 0 spiro atoms. The maximum atomic E-state index is 13.4. The molecule has 27 heavy (non-hydrogen) atoms. The fraction of sp³-hybridized carbons (Fsp3) is 0.263. The Bertz CT molecular complexity index is 1060. The quantitative estimate of drug-likeness (QED) is 0.594. The van der Waals surface area contributed by atoms with E-state index < -0.39 is 10.9 Å². The average Bonchev–Trinajstić information content (AvgIpc) is 2.60. The Morgan fingerprint density at radius 1 is 1.00 bits per heavy atom. The number of benzene rings is 1. The maximum absolute atomic E-state index is 13.4. The van der Waals surface area contributed by atoms with Gasteiger partial charge in [-0.1, -0.05) is 0 Å². The highest BCUT2D eigenvalue weighted by Crippen LogP contribution is 2.23. The highest BCUT2D eigenvalue weighted by atomic mass is 19.1. The third-order valence-corrected chi connectivity index (χ3v) is 3.73. The van der Waals surface area contributed by atoms with E-state index in [2.05, 4.69) is 25.9 Å². The van der Waals surface area contributed by atoms with Crippen LogP contribution in [0.5, 0.6) is 0 Å². The van der Waals surface area contributed by atoms with Crippen LogP contribution >= 0.6 is 0 Å². The lowest BCUT2D eigenvalue weighted by Crippen LogP contribution is -2.41. The van der Waals surface area contributed by atoms with Crippen molar-refractivity contribution < 1.29 is 4.39 Å². The van der Waals surface area contributed by atoms with Gasteiger partial charge >= 0.3 is 0 Å². The van der Waals surface area contributed by atoms with E-state index in [0.29, 0.717) is 17.1 Å². The van der Waals surface area contributed by atoms with Crippen molar-refractivity contribution in [3.05, 3.63) is 62.3 Å². The predicted molar refractivity (Wildman–Crippen MR) is 104 cm³/mol. The lowest BCUT2D eigenvalue weighted by atomic mass is 10.1. The number of nitrogens with one attached hydrogen (secondary N) is 3. The molecule has 3 rings (SSSR count). The minimum atomic E-state index is -0.593. The second-order valence-corrected chi connectivity index (χ2v) is 7.26. The molecule has 1 heterocycles. The fourth-order valence-corrected chi connectivity index (χ4v) is 2.47. The van der Waals surface area contributed by atoms with E-state index >= 15 is 0 Å². The van der Waals surface area contributed by atoms with Crippen molar-refractivity contribution in [2.24, 2.45) is 0 Å². The second kappa shape index (κ2) is 6.79. The molecule has 0 aliphatic carbocycles. The molecular formula is C19H20FN5O2. The van der Waals surface area contributed by atoms with Gasteiger partial charge in [0.15, 0.2) is 0 Å². The molecular weight excluding hydrogens is 349 g/mol. The molecule has 0 bridgehead atoms. The number of hydrogen-bond donors (Lipinski definition) is 3. The molecule has 7 nitrogen and oxygen atoms in total. The predicted octanol–water partition coefficient (Wildman–Crippen LogP) is 3.22. The van der Waals surface area contributed by atoms with Gasteiger partial charge in [0.05, 0.1) is 0 Å². The monoisotopic (exact) mass is 369 g/mol. The zero-order valence-electron chi connectivity index (χ0n) is 15.5. The van der Waals surface area contributed by atoms with Gasteiger partial charge in [-0.3, -0.25) is 9.59 Å². The maximum Gasteiger partial charge on any atom is 0.253 e. The van der Waals surface area contributed by atoms with Crippen LogP contribution in [0.15, 0.2) is 40.1 Å². The molecule has 0 amide bonds. The van der Waals surface area contributed by atoms with Gasteiger partial charge < -0.3 is 16.0 Å². The summed E-state index contributed by atoms with van der Waals surface area (Å²) in [4.78, 5) is 32.1. The summed E-state index contributed by atoms with van der Waals surface area (Å²) in [6.45, 7) is 7.34. The summed E-state index contributed by atoms with van der Waals surface area (Å²) in [6, 6.07) is 6.15. The van der Waals surface area contributed by atoms with Crippen LogP contribution in [-0.4, -0.2) is 15.5 Å². The van der Waals surface area contributed by atoms with Gasteiger partial charge in [0.2, 0.25) is 5.95 Å². The largest absolute Gasteiger partial charge is 0.375 e. The summed E-state index contributed by atoms with van der Waals surface area (Å²) in [6.07, 6.45) is 1.51. The van der Waals surface area contributed by atoms with Gasteiger partial charge in [-0.05, 0) is 57.5 Å². The van der Waals surface area contributed by atoms with Gasteiger partial charge in [0.25, 0.3) is 10.9 Å². The minimum Gasteiger partial charge on any atom is -0.375 e. The molecule has 0 fully saturated rings. The molecule has 0 unspecified atom stereocenters. The first-order valence-corrected chi connectivity index (χ1v) is 8.39. The Labute approximate surface area is 155 Å². The van der Waals surface area contributed by atoms with Crippen LogP contribution in [-0.2, 0) is 0 Å². The van der Waals surface area contributed by atoms with Gasteiger partial charge in [-0.15, -0.1) is 0 Å². The van der Waals surface area contributed by atoms with Crippen molar-refractivity contribution in [3.63, 3.8) is 0 Å². The van der Waals surface area contributed by atoms with Gasteiger partial charge in [-0.2, -0.15) is 4.98 Å². The Morgan fingerprint density at radius 2 is 1.70 bits per heavy atom. The number of rotatable bonds is 5. The lowest BCUT2D eigenvalue weighted by molar-refractivity contribution is 0.619. The van der Waals surface area contributed by atoms with Crippen molar-refractivity contribution >= 4 is 28.8 Å². The Kier molecular flexibility index (Phi) is 4.65. The van der Waals surface area contributed by atoms with Crippen molar-refractivity contribution in [2.45, 2.75) is 33.2 Å². The van der Waals surface area contributed by atoms with E-state index in [1.807, 2.05) is 20.8 Å². The third-order valence-electron chi connectivity index (χ3n) is 3.73. The summed E-state index contributed by atoms with van der Waals surface area (Å²) >= 11 is 0.